The molecule has 7 nitrogen and oxygen atoms in total. The summed E-state index contributed by atoms with van der Waals surface area (Å²) in [6.07, 6.45) is 2.20. The average molecular weight is 467 g/mol. The lowest BCUT2D eigenvalue weighted by atomic mass is 9.71. The molecule has 5 rings (SSSR count). The van der Waals surface area contributed by atoms with Gasteiger partial charge in [-0.25, -0.2) is 4.79 Å². The fourth-order valence-electron chi connectivity index (χ4n) is 6.07. The van der Waals surface area contributed by atoms with Gasteiger partial charge < -0.3 is 19.3 Å². The highest BCUT2D eigenvalue weighted by molar-refractivity contribution is 5.81. The summed E-state index contributed by atoms with van der Waals surface area (Å²) >= 11 is 0. The smallest absolute Gasteiger partial charge is 0.422 e. The maximum Gasteiger partial charge on any atom is 0.491 e. The summed E-state index contributed by atoms with van der Waals surface area (Å²) in [5.74, 6) is -4.66. The Morgan fingerprint density at radius 1 is 1.09 bits per heavy atom. The van der Waals surface area contributed by atoms with Gasteiger partial charge in [0.2, 0.25) is 0 Å². The Bertz CT molecular complexity index is 905. The van der Waals surface area contributed by atoms with Crippen molar-refractivity contribution in [3.8, 4) is 0 Å². The summed E-state index contributed by atoms with van der Waals surface area (Å²) in [5.41, 5.74) is 0.470. The van der Waals surface area contributed by atoms with E-state index in [4.69, 9.17) is 9.47 Å². The molecule has 0 N–H and O–H groups in total. The number of pyridine rings is 1. The van der Waals surface area contributed by atoms with Crippen LogP contribution in [0.2, 0.25) is 0 Å². The number of anilines is 1. The van der Waals surface area contributed by atoms with Crippen molar-refractivity contribution in [2.45, 2.75) is 56.9 Å². The Kier molecular flexibility index (Phi) is 5.34. The zero-order valence-corrected chi connectivity index (χ0v) is 18.4. The van der Waals surface area contributed by atoms with Crippen molar-refractivity contribution in [1.82, 2.24) is 9.88 Å². The number of likely N-dealkylation sites (tertiary alicyclic amines) is 1. The number of hydrogen-bond acceptors (Lipinski definition) is 7. The first-order valence-electron chi connectivity index (χ1n) is 11.5. The number of esters is 2. The minimum atomic E-state index is -5.13. The lowest BCUT2D eigenvalue weighted by Crippen LogP contribution is -2.72. The Balaban J connectivity index is 1.20. The standard InChI is InChI=1S/C23H28F3N3O4/c24-23(25,26)19(31)33-22(12-21(18(30)32-22)6-2-1-3-7-21)8-11-28-13-20(14-28)15-29(16-20)17-4-9-27-10-5-17/h4-5,9-10H,1-3,6-8,11-16H2. The summed E-state index contributed by atoms with van der Waals surface area (Å²) in [6, 6.07) is 3.94. The molecule has 0 aromatic carbocycles. The normalized spacial score (nSPS) is 28.3. The van der Waals surface area contributed by atoms with Crippen LogP contribution < -0.4 is 4.90 Å². The average Bonchev–Trinajstić information content (AvgIpc) is 2.97. The van der Waals surface area contributed by atoms with Crippen molar-refractivity contribution in [3.63, 3.8) is 0 Å². The van der Waals surface area contributed by atoms with Gasteiger partial charge in [0, 0.05) is 69.1 Å². The second kappa shape index (κ2) is 7.85. The Morgan fingerprint density at radius 2 is 1.76 bits per heavy atom. The van der Waals surface area contributed by atoms with E-state index in [1.807, 2.05) is 12.1 Å². The van der Waals surface area contributed by atoms with E-state index in [-0.39, 0.29) is 18.3 Å². The Morgan fingerprint density at radius 3 is 2.39 bits per heavy atom. The van der Waals surface area contributed by atoms with E-state index < -0.39 is 29.3 Å². The summed E-state index contributed by atoms with van der Waals surface area (Å²) < 4.78 is 49.3. The SMILES string of the molecule is O=C(OC1(CCN2CC3(C2)CN(c2ccncc2)C3)CC2(CCCCC2)C(=O)O1)C(F)(F)F. The number of hydrogen-bond donors (Lipinski definition) is 0. The fraction of sp³-hybridized carbons (Fsp3) is 0.696. The molecule has 4 heterocycles. The molecule has 10 heteroatoms. The van der Waals surface area contributed by atoms with E-state index in [1.165, 1.54) is 0 Å². The van der Waals surface area contributed by atoms with Gasteiger partial charge in [0.15, 0.2) is 0 Å². The highest BCUT2D eigenvalue weighted by Gasteiger charge is 2.61. The van der Waals surface area contributed by atoms with Crippen molar-refractivity contribution in [2.75, 3.05) is 37.6 Å². The number of ether oxygens (including phenoxy) is 2. The Labute approximate surface area is 190 Å². The first-order valence-corrected chi connectivity index (χ1v) is 11.5. The summed E-state index contributed by atoms with van der Waals surface area (Å²) in [6.45, 7) is 3.87. The maximum atomic E-state index is 13.0. The van der Waals surface area contributed by atoms with Crippen LogP contribution in [0, 0.1) is 10.8 Å². The van der Waals surface area contributed by atoms with Crippen molar-refractivity contribution in [2.24, 2.45) is 10.8 Å². The summed E-state index contributed by atoms with van der Waals surface area (Å²) in [4.78, 5) is 32.9. The molecule has 1 unspecified atom stereocenters. The number of aromatic nitrogens is 1. The molecule has 0 radical (unpaired) electrons. The quantitative estimate of drug-likeness (QED) is 0.616. The monoisotopic (exact) mass is 467 g/mol. The fourth-order valence-corrected chi connectivity index (χ4v) is 6.07. The van der Waals surface area contributed by atoms with Crippen LogP contribution in [0.4, 0.5) is 18.9 Å². The van der Waals surface area contributed by atoms with Gasteiger partial charge >= 0.3 is 18.1 Å². The van der Waals surface area contributed by atoms with Crippen LogP contribution in [0.1, 0.15) is 44.9 Å². The predicted octanol–water partition coefficient (Wildman–Crippen LogP) is 3.29. The van der Waals surface area contributed by atoms with E-state index in [9.17, 15) is 22.8 Å². The van der Waals surface area contributed by atoms with Crippen LogP contribution in [-0.4, -0.2) is 66.5 Å². The van der Waals surface area contributed by atoms with Crippen LogP contribution in [0.15, 0.2) is 24.5 Å². The van der Waals surface area contributed by atoms with Gasteiger partial charge in [-0.2, -0.15) is 13.2 Å². The number of carbonyl (C=O) groups is 2. The molecule has 3 saturated heterocycles. The van der Waals surface area contributed by atoms with Crippen LogP contribution in [0.5, 0.6) is 0 Å². The van der Waals surface area contributed by atoms with Crippen LogP contribution in [0.25, 0.3) is 0 Å². The first kappa shape index (κ1) is 22.4. The zero-order chi connectivity index (χ0) is 23.3. The van der Waals surface area contributed by atoms with Crippen LogP contribution in [0.3, 0.4) is 0 Å². The van der Waals surface area contributed by atoms with Gasteiger partial charge in [0.05, 0.1) is 5.41 Å². The molecule has 4 aliphatic rings. The van der Waals surface area contributed by atoms with E-state index >= 15 is 0 Å². The molecule has 1 aliphatic carbocycles. The molecule has 1 atom stereocenters. The molecule has 0 bridgehead atoms. The predicted molar refractivity (Wildman–Crippen MR) is 111 cm³/mol. The second-order valence-corrected chi connectivity index (χ2v) is 10.2. The highest BCUT2D eigenvalue weighted by atomic mass is 19.4. The molecular weight excluding hydrogens is 439 g/mol. The lowest BCUT2D eigenvalue weighted by Gasteiger charge is -2.61. The van der Waals surface area contributed by atoms with Crippen LogP contribution >= 0.6 is 0 Å². The van der Waals surface area contributed by atoms with E-state index in [1.54, 1.807) is 12.4 Å². The van der Waals surface area contributed by atoms with E-state index in [2.05, 4.69) is 14.8 Å². The van der Waals surface area contributed by atoms with Gasteiger partial charge in [-0.05, 0) is 25.0 Å². The minimum absolute atomic E-state index is 0.00938. The van der Waals surface area contributed by atoms with Gasteiger partial charge in [-0.15, -0.1) is 0 Å². The van der Waals surface area contributed by atoms with Crippen molar-refractivity contribution < 1.29 is 32.2 Å². The summed E-state index contributed by atoms with van der Waals surface area (Å²) in [7, 11) is 0. The Hall–Kier alpha value is -2.36. The highest BCUT2D eigenvalue weighted by Crippen LogP contribution is 2.52. The maximum absolute atomic E-state index is 13.0. The van der Waals surface area contributed by atoms with Gasteiger partial charge in [-0.1, -0.05) is 19.3 Å². The lowest BCUT2D eigenvalue weighted by molar-refractivity contribution is -0.250. The third kappa shape index (κ3) is 4.18. The molecule has 1 aromatic heterocycles. The molecule has 180 valence electrons. The molecule has 33 heavy (non-hydrogen) atoms. The van der Waals surface area contributed by atoms with Crippen LogP contribution in [-0.2, 0) is 19.1 Å². The molecule has 2 spiro atoms. The molecule has 0 amide bonds. The number of rotatable bonds is 5. The number of nitrogens with zero attached hydrogens (tertiary/aromatic N) is 3. The van der Waals surface area contributed by atoms with Crippen molar-refractivity contribution in [3.05, 3.63) is 24.5 Å². The third-order valence-electron chi connectivity index (χ3n) is 7.65. The van der Waals surface area contributed by atoms with Crippen molar-refractivity contribution >= 4 is 17.6 Å². The first-order chi connectivity index (χ1) is 15.6. The molecule has 1 aromatic rings. The van der Waals surface area contributed by atoms with Gasteiger partial charge in [0.1, 0.15) is 0 Å². The number of carbonyl (C=O) groups excluding carboxylic acids is 2. The van der Waals surface area contributed by atoms with E-state index in [0.717, 1.165) is 51.1 Å². The van der Waals surface area contributed by atoms with E-state index in [0.29, 0.717) is 19.4 Å². The minimum Gasteiger partial charge on any atom is -0.422 e. The zero-order valence-electron chi connectivity index (χ0n) is 18.4. The van der Waals surface area contributed by atoms with Crippen molar-refractivity contribution in [1.29, 1.82) is 0 Å². The second-order valence-electron chi connectivity index (χ2n) is 10.2. The molecular formula is C23H28F3N3O4. The number of cyclic esters (lactones) is 1. The van der Waals surface area contributed by atoms with Gasteiger partial charge in [0.25, 0.3) is 5.79 Å². The molecule has 4 fully saturated rings. The van der Waals surface area contributed by atoms with Gasteiger partial charge in [-0.3, -0.25) is 9.78 Å². The summed E-state index contributed by atoms with van der Waals surface area (Å²) in [5, 5.41) is 0. The topological polar surface area (TPSA) is 72.0 Å². The molecule has 1 saturated carbocycles. The third-order valence-corrected chi connectivity index (χ3v) is 7.65. The number of alkyl halides is 3. The number of halogens is 3. The molecule has 3 aliphatic heterocycles. The largest absolute Gasteiger partial charge is 0.491 e.